The first-order chi connectivity index (χ1) is 12.3. The lowest BCUT2D eigenvalue weighted by Gasteiger charge is -2.31. The summed E-state index contributed by atoms with van der Waals surface area (Å²) >= 11 is 0. The van der Waals surface area contributed by atoms with Crippen LogP contribution in [0.5, 0.6) is 0 Å². The zero-order valence-corrected chi connectivity index (χ0v) is 14.6. The number of rotatable bonds is 6. The molecular weight excluding hydrogens is 308 g/mol. The lowest BCUT2D eigenvalue weighted by molar-refractivity contribution is -0.121. The van der Waals surface area contributed by atoms with Crippen LogP contribution in [0.2, 0.25) is 0 Å². The van der Waals surface area contributed by atoms with Gasteiger partial charge in [0, 0.05) is 25.7 Å². The average molecular weight is 334 g/mol. The molecule has 1 heterocycles. The molecule has 0 bridgehead atoms. The Bertz CT molecular complexity index is 674. The van der Waals surface area contributed by atoms with Crippen LogP contribution in [0.25, 0.3) is 6.08 Å². The van der Waals surface area contributed by atoms with E-state index in [1.807, 2.05) is 36.4 Å². The highest BCUT2D eigenvalue weighted by Gasteiger charge is 2.19. The molecule has 3 rings (SSSR count). The third-order valence-electron chi connectivity index (χ3n) is 4.63. The van der Waals surface area contributed by atoms with E-state index in [2.05, 4.69) is 46.6 Å². The maximum atomic E-state index is 12.2. The number of piperidine rings is 1. The SMILES string of the molecule is O=C(Cc1ccccc1)NC1CCN(C/C=C/c2ccccc2)CC1. The van der Waals surface area contributed by atoms with Crippen molar-refractivity contribution in [2.45, 2.75) is 25.3 Å². The molecular formula is C22H26N2O. The largest absolute Gasteiger partial charge is 0.353 e. The van der Waals surface area contributed by atoms with Crippen LogP contribution >= 0.6 is 0 Å². The fourth-order valence-corrected chi connectivity index (χ4v) is 3.22. The molecule has 0 aliphatic carbocycles. The molecule has 1 aliphatic rings. The number of carbonyl (C=O) groups is 1. The molecule has 130 valence electrons. The second kappa shape index (κ2) is 9.19. The van der Waals surface area contributed by atoms with Gasteiger partial charge in [0.15, 0.2) is 0 Å². The van der Waals surface area contributed by atoms with E-state index in [1.165, 1.54) is 5.56 Å². The van der Waals surface area contributed by atoms with E-state index < -0.39 is 0 Å². The van der Waals surface area contributed by atoms with E-state index in [4.69, 9.17) is 0 Å². The van der Waals surface area contributed by atoms with Crippen LogP contribution in [0.4, 0.5) is 0 Å². The Morgan fingerprint density at radius 1 is 1.00 bits per heavy atom. The van der Waals surface area contributed by atoms with Crippen molar-refractivity contribution in [3.63, 3.8) is 0 Å². The van der Waals surface area contributed by atoms with Gasteiger partial charge in [-0.1, -0.05) is 72.8 Å². The summed E-state index contributed by atoms with van der Waals surface area (Å²) in [5.74, 6) is 0.133. The highest BCUT2D eigenvalue weighted by Crippen LogP contribution is 2.11. The van der Waals surface area contributed by atoms with E-state index in [0.29, 0.717) is 12.5 Å². The Morgan fingerprint density at radius 2 is 1.64 bits per heavy atom. The number of hydrogen-bond donors (Lipinski definition) is 1. The predicted octanol–water partition coefficient (Wildman–Crippen LogP) is 3.52. The Kier molecular flexibility index (Phi) is 6.41. The van der Waals surface area contributed by atoms with Crippen molar-refractivity contribution < 1.29 is 4.79 Å². The number of likely N-dealkylation sites (tertiary alicyclic amines) is 1. The van der Waals surface area contributed by atoms with Crippen LogP contribution in [0.15, 0.2) is 66.7 Å². The van der Waals surface area contributed by atoms with Crippen LogP contribution < -0.4 is 5.32 Å². The summed E-state index contributed by atoms with van der Waals surface area (Å²) in [7, 11) is 0. The molecule has 0 saturated carbocycles. The van der Waals surface area contributed by atoms with Gasteiger partial charge in [-0.25, -0.2) is 0 Å². The summed E-state index contributed by atoms with van der Waals surface area (Å²) in [5.41, 5.74) is 2.31. The molecule has 1 N–H and O–H groups in total. The second-order valence-corrected chi connectivity index (χ2v) is 6.62. The third-order valence-corrected chi connectivity index (χ3v) is 4.63. The molecule has 25 heavy (non-hydrogen) atoms. The fraction of sp³-hybridized carbons (Fsp3) is 0.318. The summed E-state index contributed by atoms with van der Waals surface area (Å²) in [6, 6.07) is 20.6. The summed E-state index contributed by atoms with van der Waals surface area (Å²) in [6.07, 6.45) is 6.93. The lowest BCUT2D eigenvalue weighted by Crippen LogP contribution is -2.45. The Hall–Kier alpha value is -2.39. The zero-order valence-electron chi connectivity index (χ0n) is 14.6. The number of nitrogens with one attached hydrogen (secondary N) is 1. The molecule has 0 spiro atoms. The van der Waals surface area contributed by atoms with Gasteiger partial charge in [0.25, 0.3) is 0 Å². The number of amides is 1. The smallest absolute Gasteiger partial charge is 0.224 e. The molecule has 1 fully saturated rings. The van der Waals surface area contributed by atoms with Crippen LogP contribution in [0.3, 0.4) is 0 Å². The molecule has 3 nitrogen and oxygen atoms in total. The second-order valence-electron chi connectivity index (χ2n) is 6.62. The van der Waals surface area contributed by atoms with Gasteiger partial charge >= 0.3 is 0 Å². The van der Waals surface area contributed by atoms with Crippen molar-refractivity contribution in [3.05, 3.63) is 77.9 Å². The minimum atomic E-state index is 0.133. The van der Waals surface area contributed by atoms with Crippen molar-refractivity contribution in [3.8, 4) is 0 Å². The van der Waals surface area contributed by atoms with Crippen LogP contribution in [-0.2, 0) is 11.2 Å². The zero-order chi connectivity index (χ0) is 17.3. The number of benzene rings is 2. The van der Waals surface area contributed by atoms with Crippen LogP contribution in [0, 0.1) is 0 Å². The van der Waals surface area contributed by atoms with Gasteiger partial charge < -0.3 is 5.32 Å². The van der Waals surface area contributed by atoms with Gasteiger partial charge in [0.2, 0.25) is 5.91 Å². The summed E-state index contributed by atoms with van der Waals surface area (Å²) in [6.45, 7) is 3.05. The molecule has 2 aromatic rings. The monoisotopic (exact) mass is 334 g/mol. The van der Waals surface area contributed by atoms with E-state index >= 15 is 0 Å². The van der Waals surface area contributed by atoms with Crippen LogP contribution in [-0.4, -0.2) is 36.5 Å². The third kappa shape index (κ3) is 5.87. The average Bonchev–Trinajstić information content (AvgIpc) is 2.65. The molecule has 3 heteroatoms. The number of hydrogen-bond acceptors (Lipinski definition) is 2. The molecule has 2 aromatic carbocycles. The highest BCUT2D eigenvalue weighted by molar-refractivity contribution is 5.78. The lowest BCUT2D eigenvalue weighted by atomic mass is 10.0. The van der Waals surface area contributed by atoms with Gasteiger partial charge in [-0.3, -0.25) is 9.69 Å². The maximum Gasteiger partial charge on any atom is 0.224 e. The van der Waals surface area contributed by atoms with Gasteiger partial charge in [-0.15, -0.1) is 0 Å². The molecule has 0 unspecified atom stereocenters. The van der Waals surface area contributed by atoms with E-state index in [9.17, 15) is 4.79 Å². The highest BCUT2D eigenvalue weighted by atomic mass is 16.1. The van der Waals surface area contributed by atoms with Crippen molar-refractivity contribution in [2.24, 2.45) is 0 Å². The molecule has 1 amide bonds. The molecule has 1 aliphatic heterocycles. The Labute approximate surface area is 150 Å². The van der Waals surface area contributed by atoms with E-state index in [1.54, 1.807) is 0 Å². The summed E-state index contributed by atoms with van der Waals surface area (Å²) in [5, 5.41) is 3.19. The molecule has 0 atom stereocenters. The molecule has 0 aromatic heterocycles. The standard InChI is InChI=1S/C22H26N2O/c25-22(18-20-10-5-2-6-11-20)23-21-13-16-24(17-14-21)15-7-12-19-8-3-1-4-9-19/h1-12,21H,13-18H2,(H,23,25)/b12-7+. The summed E-state index contributed by atoms with van der Waals surface area (Å²) in [4.78, 5) is 14.6. The maximum absolute atomic E-state index is 12.2. The van der Waals surface area contributed by atoms with Gasteiger partial charge in [0.1, 0.15) is 0 Å². The van der Waals surface area contributed by atoms with E-state index in [-0.39, 0.29) is 5.91 Å². The minimum absolute atomic E-state index is 0.133. The quantitative estimate of drug-likeness (QED) is 0.876. The van der Waals surface area contributed by atoms with Crippen molar-refractivity contribution in [2.75, 3.05) is 19.6 Å². The fourth-order valence-electron chi connectivity index (χ4n) is 3.22. The van der Waals surface area contributed by atoms with Gasteiger partial charge in [-0.2, -0.15) is 0 Å². The van der Waals surface area contributed by atoms with E-state index in [0.717, 1.165) is 38.0 Å². The van der Waals surface area contributed by atoms with Gasteiger partial charge in [-0.05, 0) is 24.0 Å². The van der Waals surface area contributed by atoms with Crippen LogP contribution in [0.1, 0.15) is 24.0 Å². The predicted molar refractivity (Wildman–Crippen MR) is 103 cm³/mol. The number of carbonyl (C=O) groups excluding carboxylic acids is 1. The molecule has 0 radical (unpaired) electrons. The molecule has 1 saturated heterocycles. The number of nitrogens with zero attached hydrogens (tertiary/aromatic N) is 1. The normalized spacial score (nSPS) is 16.2. The van der Waals surface area contributed by atoms with Crippen molar-refractivity contribution >= 4 is 12.0 Å². The Morgan fingerprint density at radius 3 is 2.32 bits per heavy atom. The summed E-state index contributed by atoms with van der Waals surface area (Å²) < 4.78 is 0. The van der Waals surface area contributed by atoms with Crippen molar-refractivity contribution in [1.29, 1.82) is 0 Å². The van der Waals surface area contributed by atoms with Crippen molar-refractivity contribution in [1.82, 2.24) is 10.2 Å². The minimum Gasteiger partial charge on any atom is -0.353 e. The Balaban J connectivity index is 1.37. The topological polar surface area (TPSA) is 32.3 Å². The van der Waals surface area contributed by atoms with Gasteiger partial charge in [0.05, 0.1) is 6.42 Å². The first kappa shape index (κ1) is 17.4. The first-order valence-corrected chi connectivity index (χ1v) is 9.07. The first-order valence-electron chi connectivity index (χ1n) is 9.07.